The van der Waals surface area contributed by atoms with Gasteiger partial charge in [-0.25, -0.2) is 19.6 Å². The molecule has 0 aromatic carbocycles. The van der Waals surface area contributed by atoms with E-state index in [0.717, 1.165) is 0 Å². The average molecular weight is 350 g/mol. The van der Waals surface area contributed by atoms with E-state index in [1.807, 2.05) is 0 Å². The Kier molecular flexibility index (Phi) is 5.41. The van der Waals surface area contributed by atoms with Gasteiger partial charge in [0, 0.05) is 30.4 Å². The third-order valence-electron chi connectivity index (χ3n) is 4.72. The molecule has 138 valence electrons. The molecule has 0 spiro atoms. The van der Waals surface area contributed by atoms with Crippen LogP contribution in [0, 0.1) is 15.5 Å². The van der Waals surface area contributed by atoms with E-state index in [9.17, 15) is 23.7 Å². The van der Waals surface area contributed by atoms with Gasteiger partial charge in [0.15, 0.2) is 0 Å². The fourth-order valence-corrected chi connectivity index (χ4v) is 3.43. The van der Waals surface area contributed by atoms with Crippen molar-refractivity contribution < 1.29 is 23.2 Å². The Morgan fingerprint density at radius 1 is 1.50 bits per heavy atom. The summed E-state index contributed by atoms with van der Waals surface area (Å²) in [6.07, 6.45) is -1.15. The summed E-state index contributed by atoms with van der Waals surface area (Å²) in [4.78, 5) is 24.5. The molecule has 8 nitrogen and oxygen atoms in total. The van der Waals surface area contributed by atoms with Crippen LogP contribution in [-0.4, -0.2) is 60.2 Å². The number of nitrogens with one attached hydrogen (secondary N) is 2. The molecule has 24 heavy (non-hydrogen) atoms. The van der Waals surface area contributed by atoms with Crippen molar-refractivity contribution in [3.05, 3.63) is 10.1 Å². The fraction of sp³-hybridized carbons (Fsp3) is 0.929. The first-order valence-corrected chi connectivity index (χ1v) is 7.91. The maximum Gasteiger partial charge on any atom is 0.312 e. The molecule has 2 rings (SSSR count). The van der Waals surface area contributed by atoms with Crippen LogP contribution in [0.4, 0.5) is 8.78 Å². The number of carbonyl (C=O) groups excluding carboxylic acids is 1. The number of hydrazine groups is 1. The van der Waals surface area contributed by atoms with Crippen molar-refractivity contribution in [2.24, 2.45) is 5.41 Å². The molecule has 1 saturated carbocycles. The van der Waals surface area contributed by atoms with Gasteiger partial charge in [0.2, 0.25) is 5.92 Å². The molecule has 2 unspecified atom stereocenters. The molecule has 2 N–H and O–H groups in total. The second-order valence-electron chi connectivity index (χ2n) is 7.12. The molecule has 0 bridgehead atoms. The van der Waals surface area contributed by atoms with Crippen LogP contribution in [0.3, 0.4) is 0 Å². The molecule has 0 amide bonds. The van der Waals surface area contributed by atoms with Gasteiger partial charge in [-0.3, -0.25) is 19.8 Å². The van der Waals surface area contributed by atoms with Crippen LogP contribution in [0.2, 0.25) is 0 Å². The van der Waals surface area contributed by atoms with Crippen LogP contribution in [-0.2, 0) is 9.53 Å². The lowest BCUT2D eigenvalue weighted by Gasteiger charge is -2.38. The molecule has 0 aromatic heterocycles. The topological polar surface area (TPSA) is 96.7 Å². The number of esters is 1. The number of alkyl halides is 2. The average Bonchev–Trinajstić information content (AvgIpc) is 3.10. The van der Waals surface area contributed by atoms with Crippen molar-refractivity contribution in [1.29, 1.82) is 0 Å². The zero-order valence-corrected chi connectivity index (χ0v) is 14.1. The van der Waals surface area contributed by atoms with Gasteiger partial charge in [-0.2, -0.15) is 0 Å². The molecule has 1 aliphatic heterocycles. The molecule has 3 atom stereocenters. The Morgan fingerprint density at radius 3 is 2.67 bits per heavy atom. The SMILES string of the molecule is COC(=O)C(C)(C)CN(C1NNCC1[N+](=O)[O-])[C@@H]1CCC(F)(F)C1. The molecular weight excluding hydrogens is 326 g/mol. The highest BCUT2D eigenvalue weighted by molar-refractivity contribution is 5.76. The molecule has 1 heterocycles. The number of halogens is 2. The lowest BCUT2D eigenvalue weighted by atomic mass is 9.91. The number of carbonyl (C=O) groups is 1. The van der Waals surface area contributed by atoms with E-state index in [2.05, 4.69) is 10.9 Å². The van der Waals surface area contributed by atoms with Crippen molar-refractivity contribution in [3.8, 4) is 0 Å². The van der Waals surface area contributed by atoms with Crippen molar-refractivity contribution in [1.82, 2.24) is 15.8 Å². The highest BCUT2D eigenvalue weighted by Crippen LogP contribution is 2.39. The Balaban J connectivity index is 2.25. The monoisotopic (exact) mass is 350 g/mol. The molecule has 0 aromatic rings. The first-order chi connectivity index (χ1) is 11.1. The third-order valence-corrected chi connectivity index (χ3v) is 4.72. The molecule has 10 heteroatoms. The minimum atomic E-state index is -2.78. The summed E-state index contributed by atoms with van der Waals surface area (Å²) in [5, 5.41) is 11.3. The molecule has 1 saturated heterocycles. The largest absolute Gasteiger partial charge is 0.469 e. The minimum absolute atomic E-state index is 0.0874. The van der Waals surface area contributed by atoms with Crippen LogP contribution in [0.5, 0.6) is 0 Å². The maximum atomic E-state index is 13.7. The second kappa shape index (κ2) is 6.85. The van der Waals surface area contributed by atoms with Gasteiger partial charge in [-0.15, -0.1) is 0 Å². The van der Waals surface area contributed by atoms with Crippen LogP contribution in [0.15, 0.2) is 0 Å². The lowest BCUT2D eigenvalue weighted by Crippen LogP contribution is -2.58. The summed E-state index contributed by atoms with van der Waals surface area (Å²) in [7, 11) is 1.26. The first kappa shape index (κ1) is 18.9. The summed E-state index contributed by atoms with van der Waals surface area (Å²) in [6.45, 7) is 3.46. The van der Waals surface area contributed by atoms with Crippen molar-refractivity contribution in [2.75, 3.05) is 20.2 Å². The zero-order valence-electron chi connectivity index (χ0n) is 14.1. The normalized spacial score (nSPS) is 29.8. The highest BCUT2D eigenvalue weighted by atomic mass is 19.3. The molecular formula is C14H24F2N4O4. The van der Waals surface area contributed by atoms with Crippen molar-refractivity contribution in [3.63, 3.8) is 0 Å². The van der Waals surface area contributed by atoms with E-state index in [0.29, 0.717) is 0 Å². The lowest BCUT2D eigenvalue weighted by molar-refractivity contribution is -0.525. The number of nitro groups is 1. The number of hydrogen-bond donors (Lipinski definition) is 2. The molecule has 0 radical (unpaired) electrons. The number of nitrogens with zero attached hydrogens (tertiary/aromatic N) is 2. The Bertz CT molecular complexity index is 503. The van der Waals surface area contributed by atoms with E-state index < -0.39 is 40.5 Å². The van der Waals surface area contributed by atoms with Gasteiger partial charge < -0.3 is 4.74 Å². The predicted octanol–water partition coefficient (Wildman–Crippen LogP) is 0.755. The first-order valence-electron chi connectivity index (χ1n) is 7.91. The van der Waals surface area contributed by atoms with Gasteiger partial charge >= 0.3 is 5.97 Å². The van der Waals surface area contributed by atoms with Crippen molar-refractivity contribution >= 4 is 5.97 Å². The van der Waals surface area contributed by atoms with E-state index in [-0.39, 0.29) is 32.4 Å². The fourth-order valence-electron chi connectivity index (χ4n) is 3.43. The zero-order chi connectivity index (χ0) is 18.1. The summed E-state index contributed by atoms with van der Waals surface area (Å²) in [6, 6.07) is -1.52. The third kappa shape index (κ3) is 3.98. The van der Waals surface area contributed by atoms with E-state index in [4.69, 9.17) is 4.74 Å². The van der Waals surface area contributed by atoms with Crippen LogP contribution < -0.4 is 10.9 Å². The van der Waals surface area contributed by atoms with Gasteiger partial charge in [0.05, 0.1) is 19.1 Å². The van der Waals surface area contributed by atoms with E-state index >= 15 is 0 Å². The minimum Gasteiger partial charge on any atom is -0.469 e. The summed E-state index contributed by atoms with van der Waals surface area (Å²) < 4.78 is 32.1. The highest BCUT2D eigenvalue weighted by Gasteiger charge is 2.50. The van der Waals surface area contributed by atoms with E-state index in [1.54, 1.807) is 18.7 Å². The van der Waals surface area contributed by atoms with Gasteiger partial charge in [0.1, 0.15) is 6.17 Å². The molecule has 1 aliphatic carbocycles. The Morgan fingerprint density at radius 2 is 2.17 bits per heavy atom. The Hall–Kier alpha value is -1.39. The summed E-state index contributed by atoms with van der Waals surface area (Å²) in [5.41, 5.74) is 4.56. The number of ether oxygens (including phenoxy) is 1. The van der Waals surface area contributed by atoms with Crippen molar-refractivity contribution in [2.45, 2.75) is 57.3 Å². The van der Waals surface area contributed by atoms with Gasteiger partial charge in [0.25, 0.3) is 6.04 Å². The van der Waals surface area contributed by atoms with Crippen LogP contribution >= 0.6 is 0 Å². The number of rotatable bonds is 6. The maximum absolute atomic E-state index is 13.7. The number of methoxy groups -OCH3 is 1. The van der Waals surface area contributed by atoms with Crippen LogP contribution in [0.25, 0.3) is 0 Å². The van der Waals surface area contributed by atoms with E-state index in [1.165, 1.54) is 7.11 Å². The summed E-state index contributed by atoms with van der Waals surface area (Å²) >= 11 is 0. The predicted molar refractivity (Wildman–Crippen MR) is 80.8 cm³/mol. The smallest absolute Gasteiger partial charge is 0.312 e. The quantitative estimate of drug-likeness (QED) is 0.415. The molecule has 2 aliphatic rings. The number of hydrogen-bond acceptors (Lipinski definition) is 7. The van der Waals surface area contributed by atoms with Gasteiger partial charge in [-0.1, -0.05) is 0 Å². The summed E-state index contributed by atoms with van der Waals surface area (Å²) in [5.74, 6) is -3.27. The standard InChI is InChI=1S/C14H24F2N4O4/c1-13(2,12(21)24-3)8-19(9-4-5-14(15,16)6-9)11-10(20(22)23)7-17-18-11/h9-11,17-18H,4-8H2,1-3H3/t9-,10?,11?/m1/s1. The van der Waals surface area contributed by atoms with Gasteiger partial charge in [-0.05, 0) is 20.3 Å². The Labute approximate surface area is 139 Å². The van der Waals surface area contributed by atoms with Crippen LogP contribution in [0.1, 0.15) is 33.1 Å². The second-order valence-corrected chi connectivity index (χ2v) is 7.12. The molecule has 2 fully saturated rings.